The molecule has 0 unspecified atom stereocenters. The molecular formula is C18H15FN2O2S. The zero-order valence-corrected chi connectivity index (χ0v) is 14.0. The predicted octanol–water partition coefficient (Wildman–Crippen LogP) is 4.36. The molecule has 0 radical (unpaired) electrons. The van der Waals surface area contributed by atoms with Crippen molar-refractivity contribution in [1.82, 2.24) is 0 Å². The van der Waals surface area contributed by atoms with E-state index in [1.165, 1.54) is 12.1 Å². The van der Waals surface area contributed by atoms with Crippen LogP contribution in [0.2, 0.25) is 0 Å². The van der Waals surface area contributed by atoms with Crippen LogP contribution in [-0.4, -0.2) is 5.11 Å². The minimum atomic E-state index is -0.403. The predicted molar refractivity (Wildman–Crippen MR) is 98.2 cm³/mol. The van der Waals surface area contributed by atoms with E-state index in [-0.39, 0.29) is 10.9 Å². The summed E-state index contributed by atoms with van der Waals surface area (Å²) in [6, 6.07) is 11.5. The van der Waals surface area contributed by atoms with E-state index in [0.29, 0.717) is 17.0 Å². The molecule has 0 aliphatic heterocycles. The van der Waals surface area contributed by atoms with Gasteiger partial charge in [-0.1, -0.05) is 6.07 Å². The molecule has 122 valence electrons. The summed E-state index contributed by atoms with van der Waals surface area (Å²) in [5.74, 6) is -0.384. The molecule has 2 aromatic carbocycles. The van der Waals surface area contributed by atoms with Crippen molar-refractivity contribution in [2.75, 3.05) is 10.6 Å². The first kappa shape index (κ1) is 16.1. The highest BCUT2D eigenvalue weighted by Crippen LogP contribution is 2.21. The standard InChI is InChI=1S/C18H15FN2O2S/c1-10-3-6-14(19)15(7-10)21-18(24)20-12-4-5-13-11(2)8-17(22)23-16(13)9-12/h3-9H,1-2H3,(H2,20,21,24). The highest BCUT2D eigenvalue weighted by molar-refractivity contribution is 7.80. The lowest BCUT2D eigenvalue weighted by molar-refractivity contribution is 0.560. The molecule has 0 amide bonds. The summed E-state index contributed by atoms with van der Waals surface area (Å²) in [5, 5.41) is 6.88. The zero-order chi connectivity index (χ0) is 17.3. The van der Waals surface area contributed by atoms with E-state index < -0.39 is 5.63 Å². The molecule has 0 fully saturated rings. The summed E-state index contributed by atoms with van der Waals surface area (Å²) in [4.78, 5) is 11.5. The smallest absolute Gasteiger partial charge is 0.336 e. The van der Waals surface area contributed by atoms with Crippen molar-refractivity contribution in [2.45, 2.75) is 13.8 Å². The lowest BCUT2D eigenvalue weighted by Crippen LogP contribution is -2.19. The van der Waals surface area contributed by atoms with Crippen LogP contribution < -0.4 is 16.3 Å². The van der Waals surface area contributed by atoms with Crippen molar-refractivity contribution in [3.63, 3.8) is 0 Å². The number of hydrogen-bond acceptors (Lipinski definition) is 3. The fourth-order valence-corrected chi connectivity index (χ4v) is 2.65. The molecule has 24 heavy (non-hydrogen) atoms. The van der Waals surface area contributed by atoms with Crippen molar-refractivity contribution < 1.29 is 8.81 Å². The van der Waals surface area contributed by atoms with Gasteiger partial charge in [0, 0.05) is 23.2 Å². The van der Waals surface area contributed by atoms with E-state index in [0.717, 1.165) is 16.5 Å². The Morgan fingerprint density at radius 3 is 2.67 bits per heavy atom. The van der Waals surface area contributed by atoms with Crippen LogP contribution in [0.4, 0.5) is 15.8 Å². The third-order valence-corrected chi connectivity index (χ3v) is 3.78. The molecule has 0 bridgehead atoms. The summed E-state index contributed by atoms with van der Waals surface area (Å²) in [6.45, 7) is 3.72. The van der Waals surface area contributed by atoms with Crippen molar-refractivity contribution in [3.8, 4) is 0 Å². The Morgan fingerprint density at radius 1 is 1.08 bits per heavy atom. The minimum Gasteiger partial charge on any atom is -0.423 e. The Labute approximate surface area is 143 Å². The molecule has 0 aliphatic rings. The number of rotatable bonds is 2. The second kappa shape index (κ2) is 6.41. The minimum absolute atomic E-state index is 0.244. The van der Waals surface area contributed by atoms with Crippen molar-refractivity contribution in [3.05, 3.63) is 69.8 Å². The van der Waals surface area contributed by atoms with E-state index >= 15 is 0 Å². The maximum Gasteiger partial charge on any atom is 0.336 e. The molecule has 0 atom stereocenters. The molecule has 0 spiro atoms. The van der Waals surface area contributed by atoms with Crippen LogP contribution >= 0.6 is 12.2 Å². The Morgan fingerprint density at radius 2 is 1.88 bits per heavy atom. The summed E-state index contributed by atoms with van der Waals surface area (Å²) in [7, 11) is 0. The van der Waals surface area contributed by atoms with Gasteiger partial charge in [0.25, 0.3) is 0 Å². The van der Waals surface area contributed by atoms with E-state index in [9.17, 15) is 9.18 Å². The zero-order valence-electron chi connectivity index (χ0n) is 13.1. The molecule has 0 aliphatic carbocycles. The van der Waals surface area contributed by atoms with Crippen LogP contribution in [0.25, 0.3) is 11.0 Å². The maximum absolute atomic E-state index is 13.8. The molecule has 4 nitrogen and oxygen atoms in total. The van der Waals surface area contributed by atoms with Crippen LogP contribution in [0.1, 0.15) is 11.1 Å². The Balaban J connectivity index is 1.83. The maximum atomic E-state index is 13.8. The van der Waals surface area contributed by atoms with Gasteiger partial charge in [0.05, 0.1) is 5.69 Å². The number of nitrogens with one attached hydrogen (secondary N) is 2. The first-order chi connectivity index (χ1) is 11.4. The van der Waals surface area contributed by atoms with Gasteiger partial charge in [-0.15, -0.1) is 0 Å². The third kappa shape index (κ3) is 3.44. The summed E-state index contributed by atoms with van der Waals surface area (Å²) in [5.41, 5.74) is 2.77. The van der Waals surface area contributed by atoms with Gasteiger partial charge in [-0.25, -0.2) is 9.18 Å². The van der Waals surface area contributed by atoms with E-state index in [4.69, 9.17) is 16.6 Å². The summed E-state index contributed by atoms with van der Waals surface area (Å²) < 4.78 is 19.0. The Hall–Kier alpha value is -2.73. The molecule has 1 aromatic heterocycles. The number of anilines is 2. The molecular weight excluding hydrogens is 327 g/mol. The molecule has 6 heteroatoms. The fraction of sp³-hybridized carbons (Fsp3) is 0.111. The number of aryl methyl sites for hydroxylation is 2. The number of fused-ring (bicyclic) bond motifs is 1. The second-order valence-corrected chi connectivity index (χ2v) is 5.93. The van der Waals surface area contributed by atoms with Crippen LogP contribution in [0.5, 0.6) is 0 Å². The molecule has 3 rings (SSSR count). The number of halogens is 1. The largest absolute Gasteiger partial charge is 0.423 e. The fourth-order valence-electron chi connectivity index (χ4n) is 2.42. The van der Waals surface area contributed by atoms with Gasteiger partial charge in [0.1, 0.15) is 11.4 Å². The van der Waals surface area contributed by atoms with Gasteiger partial charge < -0.3 is 15.1 Å². The van der Waals surface area contributed by atoms with Crippen LogP contribution in [0, 0.1) is 19.7 Å². The van der Waals surface area contributed by atoms with Crippen molar-refractivity contribution >= 4 is 39.7 Å². The molecule has 1 heterocycles. The van der Waals surface area contributed by atoms with Crippen molar-refractivity contribution in [2.24, 2.45) is 0 Å². The van der Waals surface area contributed by atoms with Gasteiger partial charge in [0.15, 0.2) is 5.11 Å². The number of thiocarbonyl (C=S) groups is 1. The molecule has 0 saturated carbocycles. The highest BCUT2D eigenvalue weighted by Gasteiger charge is 2.07. The quantitative estimate of drug-likeness (QED) is 0.535. The number of hydrogen-bond donors (Lipinski definition) is 2. The highest BCUT2D eigenvalue weighted by atomic mass is 32.1. The lowest BCUT2D eigenvalue weighted by Gasteiger charge is -2.12. The first-order valence-corrected chi connectivity index (χ1v) is 7.72. The lowest BCUT2D eigenvalue weighted by atomic mass is 10.1. The topological polar surface area (TPSA) is 54.3 Å². The third-order valence-electron chi connectivity index (χ3n) is 3.58. The van der Waals surface area contributed by atoms with E-state index in [2.05, 4.69) is 10.6 Å². The molecule has 2 N–H and O–H groups in total. The van der Waals surface area contributed by atoms with E-state index in [1.807, 2.05) is 26.0 Å². The monoisotopic (exact) mass is 342 g/mol. The average molecular weight is 342 g/mol. The van der Waals surface area contributed by atoms with E-state index in [1.54, 1.807) is 18.2 Å². The normalized spacial score (nSPS) is 10.6. The first-order valence-electron chi connectivity index (χ1n) is 7.31. The number of benzene rings is 2. The van der Waals surface area contributed by atoms with Gasteiger partial charge in [0.2, 0.25) is 0 Å². The SMILES string of the molecule is Cc1ccc(F)c(NC(=S)Nc2ccc3c(C)cc(=O)oc3c2)c1. The average Bonchev–Trinajstić information content (AvgIpc) is 2.50. The van der Waals surface area contributed by atoms with Gasteiger partial charge >= 0.3 is 5.63 Å². The molecule has 3 aromatic rings. The van der Waals surface area contributed by atoms with Gasteiger partial charge in [-0.05, 0) is 61.5 Å². The van der Waals surface area contributed by atoms with Crippen molar-refractivity contribution in [1.29, 1.82) is 0 Å². The Kier molecular flexibility index (Phi) is 4.31. The van der Waals surface area contributed by atoms with Crippen LogP contribution in [0.15, 0.2) is 51.7 Å². The second-order valence-electron chi connectivity index (χ2n) is 5.52. The van der Waals surface area contributed by atoms with Crippen LogP contribution in [0.3, 0.4) is 0 Å². The molecule has 0 saturated heterocycles. The van der Waals surface area contributed by atoms with Gasteiger partial charge in [-0.3, -0.25) is 0 Å². The summed E-state index contributed by atoms with van der Waals surface area (Å²) in [6.07, 6.45) is 0. The summed E-state index contributed by atoms with van der Waals surface area (Å²) >= 11 is 5.21. The Bertz CT molecular complexity index is 998. The van der Waals surface area contributed by atoms with Gasteiger partial charge in [-0.2, -0.15) is 0 Å². The van der Waals surface area contributed by atoms with Crippen LogP contribution in [-0.2, 0) is 0 Å².